The minimum Gasteiger partial charge on any atom is -0.494 e. The Bertz CT molecular complexity index is 472. The smallest absolute Gasteiger partial charge is 0.225 e. The first-order valence-electron chi connectivity index (χ1n) is 7.88. The molecular formula is C17H26N2O2. The average Bonchev–Trinajstić information content (AvgIpc) is 2.79. The Morgan fingerprint density at radius 3 is 2.57 bits per heavy atom. The number of benzene rings is 1. The van der Waals surface area contributed by atoms with Gasteiger partial charge in [-0.1, -0.05) is 26.0 Å². The van der Waals surface area contributed by atoms with Crippen molar-refractivity contribution >= 4 is 5.91 Å². The maximum absolute atomic E-state index is 12.2. The van der Waals surface area contributed by atoms with Crippen LogP contribution in [0.1, 0.15) is 51.6 Å². The average molecular weight is 290 g/mol. The lowest BCUT2D eigenvalue weighted by atomic mass is 9.99. The molecule has 1 saturated heterocycles. The van der Waals surface area contributed by atoms with Gasteiger partial charge in [0.05, 0.1) is 12.6 Å². The molecule has 1 aliphatic rings. The quantitative estimate of drug-likeness (QED) is 0.876. The highest BCUT2D eigenvalue weighted by Crippen LogP contribution is 2.35. The summed E-state index contributed by atoms with van der Waals surface area (Å²) in [5.74, 6) is 1.03. The molecule has 3 unspecified atom stereocenters. The van der Waals surface area contributed by atoms with E-state index in [0.717, 1.165) is 30.8 Å². The highest BCUT2D eigenvalue weighted by molar-refractivity contribution is 5.80. The first kappa shape index (κ1) is 15.8. The van der Waals surface area contributed by atoms with Crippen molar-refractivity contribution in [3.63, 3.8) is 0 Å². The minimum absolute atomic E-state index is 0.0207. The number of amides is 1. The third kappa shape index (κ3) is 3.38. The van der Waals surface area contributed by atoms with Gasteiger partial charge in [-0.15, -0.1) is 0 Å². The maximum atomic E-state index is 12.2. The van der Waals surface area contributed by atoms with Crippen LogP contribution in [0.2, 0.25) is 0 Å². The summed E-state index contributed by atoms with van der Waals surface area (Å²) in [6.45, 7) is 6.99. The minimum atomic E-state index is -0.131. The van der Waals surface area contributed by atoms with Gasteiger partial charge in [0.2, 0.25) is 5.91 Å². The molecule has 3 atom stereocenters. The highest BCUT2D eigenvalue weighted by Gasteiger charge is 2.40. The second-order valence-electron chi connectivity index (χ2n) is 5.79. The Hall–Kier alpha value is -1.55. The number of nitrogens with zero attached hydrogens (tertiary/aromatic N) is 1. The lowest BCUT2D eigenvalue weighted by Gasteiger charge is -2.32. The number of hydrogen-bond acceptors (Lipinski definition) is 3. The van der Waals surface area contributed by atoms with Gasteiger partial charge in [-0.25, -0.2) is 0 Å². The van der Waals surface area contributed by atoms with Crippen LogP contribution in [-0.4, -0.2) is 29.5 Å². The molecule has 0 spiro atoms. The molecule has 0 aliphatic carbocycles. The number of ether oxygens (including phenoxy) is 1. The van der Waals surface area contributed by atoms with Gasteiger partial charge in [0.1, 0.15) is 5.75 Å². The summed E-state index contributed by atoms with van der Waals surface area (Å²) in [4.78, 5) is 14.1. The van der Waals surface area contributed by atoms with Crippen molar-refractivity contribution in [1.82, 2.24) is 4.90 Å². The number of nitrogens with two attached hydrogens (primary N) is 1. The largest absolute Gasteiger partial charge is 0.494 e. The maximum Gasteiger partial charge on any atom is 0.225 e. The molecule has 2 rings (SSSR count). The van der Waals surface area contributed by atoms with Crippen molar-refractivity contribution < 1.29 is 9.53 Å². The highest BCUT2D eigenvalue weighted by atomic mass is 16.5. The topological polar surface area (TPSA) is 55.6 Å². The summed E-state index contributed by atoms with van der Waals surface area (Å²) in [6.07, 6.45) is 2.36. The number of hydrogen-bond donors (Lipinski definition) is 1. The number of likely N-dealkylation sites (tertiary alicyclic amines) is 1. The molecule has 2 N–H and O–H groups in total. The Balaban J connectivity index is 2.19. The monoisotopic (exact) mass is 290 g/mol. The molecule has 4 nitrogen and oxygen atoms in total. The second-order valence-corrected chi connectivity index (χ2v) is 5.79. The molecule has 1 aliphatic heterocycles. The standard InChI is InChI=1S/C17H26N2O2/c1-4-10-21-14-8-6-13(7-9-14)17-15(18)11-16(20)19(17)12(3)5-2/h6-9,12,15,17H,4-5,10-11,18H2,1-3H3. The molecule has 1 fully saturated rings. The molecule has 1 amide bonds. The summed E-state index contributed by atoms with van der Waals surface area (Å²) in [6, 6.07) is 8.06. The van der Waals surface area contributed by atoms with Gasteiger partial charge < -0.3 is 15.4 Å². The van der Waals surface area contributed by atoms with Crippen molar-refractivity contribution in [3.05, 3.63) is 29.8 Å². The van der Waals surface area contributed by atoms with Crippen LogP contribution in [0.5, 0.6) is 5.75 Å². The fourth-order valence-corrected chi connectivity index (χ4v) is 2.89. The van der Waals surface area contributed by atoms with E-state index >= 15 is 0 Å². The second kappa shape index (κ2) is 6.94. The number of rotatable bonds is 6. The normalized spacial score (nSPS) is 23.4. The van der Waals surface area contributed by atoms with Crippen LogP contribution in [0.15, 0.2) is 24.3 Å². The molecule has 4 heteroatoms. The van der Waals surface area contributed by atoms with Gasteiger partial charge in [-0.05, 0) is 37.5 Å². The van der Waals surface area contributed by atoms with Crippen LogP contribution >= 0.6 is 0 Å². The van der Waals surface area contributed by atoms with E-state index in [1.165, 1.54) is 0 Å². The molecule has 1 aromatic carbocycles. The van der Waals surface area contributed by atoms with E-state index in [1.807, 2.05) is 29.2 Å². The molecule has 116 valence electrons. The van der Waals surface area contributed by atoms with Gasteiger partial charge in [-0.3, -0.25) is 4.79 Å². The van der Waals surface area contributed by atoms with E-state index in [1.54, 1.807) is 0 Å². The van der Waals surface area contributed by atoms with Crippen LogP contribution < -0.4 is 10.5 Å². The Kier molecular flexibility index (Phi) is 5.23. The number of carbonyl (C=O) groups is 1. The van der Waals surface area contributed by atoms with E-state index < -0.39 is 0 Å². The van der Waals surface area contributed by atoms with Crippen LogP contribution in [0, 0.1) is 0 Å². The van der Waals surface area contributed by atoms with Crippen LogP contribution in [-0.2, 0) is 4.79 Å². The molecular weight excluding hydrogens is 264 g/mol. The van der Waals surface area contributed by atoms with Gasteiger partial charge >= 0.3 is 0 Å². The first-order chi connectivity index (χ1) is 10.1. The van der Waals surface area contributed by atoms with E-state index in [9.17, 15) is 4.79 Å². The molecule has 0 aromatic heterocycles. The van der Waals surface area contributed by atoms with Crippen LogP contribution in [0.3, 0.4) is 0 Å². The van der Waals surface area contributed by atoms with Crippen molar-refractivity contribution in [1.29, 1.82) is 0 Å². The molecule has 1 heterocycles. The zero-order valence-electron chi connectivity index (χ0n) is 13.2. The Labute approximate surface area is 127 Å². The van der Waals surface area contributed by atoms with Crippen LogP contribution in [0.4, 0.5) is 0 Å². The molecule has 0 saturated carbocycles. The van der Waals surface area contributed by atoms with E-state index in [0.29, 0.717) is 6.42 Å². The lowest BCUT2D eigenvalue weighted by Crippen LogP contribution is -2.38. The first-order valence-corrected chi connectivity index (χ1v) is 7.88. The summed E-state index contributed by atoms with van der Waals surface area (Å²) in [7, 11) is 0. The van der Waals surface area contributed by atoms with Crippen LogP contribution in [0.25, 0.3) is 0 Å². The predicted octanol–water partition coefficient (Wildman–Crippen LogP) is 2.87. The predicted molar refractivity (Wildman–Crippen MR) is 84.2 cm³/mol. The SMILES string of the molecule is CCCOc1ccc(C2C(N)CC(=O)N2C(C)CC)cc1. The van der Waals surface area contributed by atoms with Gasteiger partial charge in [0.15, 0.2) is 0 Å². The summed E-state index contributed by atoms with van der Waals surface area (Å²) in [5.41, 5.74) is 7.30. The fourth-order valence-electron chi connectivity index (χ4n) is 2.89. The number of carbonyl (C=O) groups excluding carboxylic acids is 1. The van der Waals surface area contributed by atoms with Crippen molar-refractivity contribution in [3.8, 4) is 5.75 Å². The summed E-state index contributed by atoms with van der Waals surface area (Å²) in [5, 5.41) is 0. The molecule has 0 bridgehead atoms. The Morgan fingerprint density at radius 1 is 1.33 bits per heavy atom. The van der Waals surface area contributed by atoms with Crippen molar-refractivity contribution in [2.24, 2.45) is 5.73 Å². The van der Waals surface area contributed by atoms with Crippen molar-refractivity contribution in [2.45, 2.75) is 58.2 Å². The van der Waals surface area contributed by atoms with Gasteiger partial charge in [0.25, 0.3) is 0 Å². The zero-order chi connectivity index (χ0) is 15.4. The third-order valence-corrected chi connectivity index (χ3v) is 4.16. The van der Waals surface area contributed by atoms with Crippen molar-refractivity contribution in [2.75, 3.05) is 6.61 Å². The van der Waals surface area contributed by atoms with E-state index in [-0.39, 0.29) is 24.0 Å². The van der Waals surface area contributed by atoms with Gasteiger partial charge in [0, 0.05) is 18.5 Å². The van der Waals surface area contributed by atoms with E-state index in [2.05, 4.69) is 20.8 Å². The van der Waals surface area contributed by atoms with Gasteiger partial charge in [-0.2, -0.15) is 0 Å². The Morgan fingerprint density at radius 2 is 2.00 bits per heavy atom. The molecule has 1 aromatic rings. The third-order valence-electron chi connectivity index (χ3n) is 4.16. The van der Waals surface area contributed by atoms with E-state index in [4.69, 9.17) is 10.5 Å². The fraction of sp³-hybridized carbons (Fsp3) is 0.588. The summed E-state index contributed by atoms with van der Waals surface area (Å²) < 4.78 is 5.60. The molecule has 0 radical (unpaired) electrons. The zero-order valence-corrected chi connectivity index (χ0v) is 13.2. The molecule has 21 heavy (non-hydrogen) atoms. The summed E-state index contributed by atoms with van der Waals surface area (Å²) >= 11 is 0. The lowest BCUT2D eigenvalue weighted by molar-refractivity contribution is -0.131.